The Morgan fingerprint density at radius 3 is 2.73 bits per heavy atom. The SMILES string of the molecule is COC(=O)C1=COC(OC(=O)Nc2ccc(Cl)c(Cl)c2)C2C(C)=CCC12. The second-order valence-corrected chi connectivity index (χ2v) is 6.86. The second-order valence-electron chi connectivity index (χ2n) is 6.04. The lowest BCUT2D eigenvalue weighted by molar-refractivity contribution is -0.141. The van der Waals surface area contributed by atoms with Gasteiger partial charge in [-0.25, -0.2) is 9.59 Å². The molecule has 1 aromatic carbocycles. The van der Waals surface area contributed by atoms with E-state index in [9.17, 15) is 9.59 Å². The van der Waals surface area contributed by atoms with Crippen molar-refractivity contribution in [3.8, 4) is 0 Å². The third-order valence-electron chi connectivity index (χ3n) is 4.49. The lowest BCUT2D eigenvalue weighted by Crippen LogP contribution is -2.38. The molecule has 0 aromatic heterocycles. The van der Waals surface area contributed by atoms with Crippen molar-refractivity contribution in [1.82, 2.24) is 0 Å². The number of ether oxygens (including phenoxy) is 3. The zero-order valence-corrected chi connectivity index (χ0v) is 15.6. The van der Waals surface area contributed by atoms with Gasteiger partial charge < -0.3 is 14.2 Å². The van der Waals surface area contributed by atoms with Gasteiger partial charge in [0.25, 0.3) is 6.29 Å². The van der Waals surface area contributed by atoms with Crippen LogP contribution in [0.2, 0.25) is 10.0 Å². The topological polar surface area (TPSA) is 73.9 Å². The van der Waals surface area contributed by atoms with Crippen LogP contribution in [0, 0.1) is 11.8 Å². The van der Waals surface area contributed by atoms with E-state index in [0.717, 1.165) is 5.57 Å². The van der Waals surface area contributed by atoms with Gasteiger partial charge in [-0.3, -0.25) is 5.32 Å². The van der Waals surface area contributed by atoms with Crippen molar-refractivity contribution in [1.29, 1.82) is 0 Å². The summed E-state index contributed by atoms with van der Waals surface area (Å²) in [7, 11) is 1.32. The minimum atomic E-state index is -0.838. The molecule has 0 saturated carbocycles. The van der Waals surface area contributed by atoms with Crippen LogP contribution in [0.25, 0.3) is 0 Å². The summed E-state index contributed by atoms with van der Waals surface area (Å²) in [6.07, 6.45) is 2.45. The van der Waals surface area contributed by atoms with E-state index in [1.54, 1.807) is 12.1 Å². The molecule has 1 aliphatic heterocycles. The zero-order valence-electron chi connectivity index (χ0n) is 14.1. The molecule has 0 bridgehead atoms. The van der Waals surface area contributed by atoms with Gasteiger partial charge in [0, 0.05) is 11.6 Å². The summed E-state index contributed by atoms with van der Waals surface area (Å²) in [4.78, 5) is 24.1. The maximum atomic E-state index is 12.2. The first-order valence-corrected chi connectivity index (χ1v) is 8.69. The van der Waals surface area contributed by atoms with Crippen LogP contribution in [0.3, 0.4) is 0 Å². The summed E-state index contributed by atoms with van der Waals surface area (Å²) in [6.45, 7) is 1.92. The monoisotopic (exact) mass is 397 g/mol. The fourth-order valence-corrected chi connectivity index (χ4v) is 3.49. The molecule has 3 atom stereocenters. The molecule has 2 aliphatic rings. The third-order valence-corrected chi connectivity index (χ3v) is 5.22. The van der Waals surface area contributed by atoms with Gasteiger partial charge in [0.1, 0.15) is 0 Å². The summed E-state index contributed by atoms with van der Waals surface area (Å²) in [6, 6.07) is 4.70. The molecule has 1 heterocycles. The fraction of sp³-hybridized carbons (Fsp3) is 0.333. The minimum absolute atomic E-state index is 0.140. The van der Waals surface area contributed by atoms with Crippen molar-refractivity contribution >= 4 is 41.0 Å². The van der Waals surface area contributed by atoms with Crippen LogP contribution in [0.5, 0.6) is 0 Å². The molecule has 0 fully saturated rings. The summed E-state index contributed by atoms with van der Waals surface area (Å²) in [5.41, 5.74) is 1.88. The number of carbonyl (C=O) groups excluding carboxylic acids is 2. The number of rotatable bonds is 3. The number of allylic oxidation sites excluding steroid dienone is 1. The summed E-state index contributed by atoms with van der Waals surface area (Å²) >= 11 is 11.8. The Morgan fingerprint density at radius 2 is 2.04 bits per heavy atom. The average Bonchev–Trinajstić information content (AvgIpc) is 3.00. The Kier molecular flexibility index (Phi) is 5.44. The molecule has 26 heavy (non-hydrogen) atoms. The molecule has 3 unspecified atom stereocenters. The first kappa shape index (κ1) is 18.6. The summed E-state index contributed by atoms with van der Waals surface area (Å²) in [5.74, 6) is -0.825. The maximum Gasteiger partial charge on any atom is 0.414 e. The molecule has 0 saturated heterocycles. The maximum absolute atomic E-state index is 12.2. The van der Waals surface area contributed by atoms with Crippen molar-refractivity contribution in [2.24, 2.45) is 11.8 Å². The molecule has 1 aliphatic carbocycles. The van der Waals surface area contributed by atoms with E-state index in [-0.39, 0.29) is 11.8 Å². The van der Waals surface area contributed by atoms with Crippen molar-refractivity contribution in [2.45, 2.75) is 19.6 Å². The Hall–Kier alpha value is -2.18. The van der Waals surface area contributed by atoms with Crippen LogP contribution in [0.15, 0.2) is 41.7 Å². The molecular weight excluding hydrogens is 381 g/mol. The molecule has 138 valence electrons. The molecular formula is C18H17Cl2NO5. The van der Waals surface area contributed by atoms with E-state index in [1.165, 1.54) is 19.4 Å². The highest BCUT2D eigenvalue weighted by Crippen LogP contribution is 2.43. The number of amides is 1. The van der Waals surface area contributed by atoms with Crippen molar-refractivity contribution in [3.05, 3.63) is 51.7 Å². The van der Waals surface area contributed by atoms with Gasteiger partial charge in [0.05, 0.1) is 34.9 Å². The lowest BCUT2D eigenvalue weighted by Gasteiger charge is -2.33. The van der Waals surface area contributed by atoms with Crippen molar-refractivity contribution < 1.29 is 23.8 Å². The van der Waals surface area contributed by atoms with Crippen LogP contribution >= 0.6 is 23.2 Å². The molecule has 1 amide bonds. The van der Waals surface area contributed by atoms with Crippen LogP contribution < -0.4 is 5.32 Å². The van der Waals surface area contributed by atoms with Gasteiger partial charge in [0.2, 0.25) is 0 Å². The molecule has 6 nitrogen and oxygen atoms in total. The van der Waals surface area contributed by atoms with Crippen LogP contribution in [-0.2, 0) is 19.0 Å². The van der Waals surface area contributed by atoms with Crippen LogP contribution in [-0.4, -0.2) is 25.5 Å². The van der Waals surface area contributed by atoms with Crippen molar-refractivity contribution in [3.63, 3.8) is 0 Å². The first-order valence-electron chi connectivity index (χ1n) is 7.94. The van der Waals surface area contributed by atoms with Gasteiger partial charge in [0.15, 0.2) is 0 Å². The van der Waals surface area contributed by atoms with Crippen LogP contribution in [0.4, 0.5) is 10.5 Å². The van der Waals surface area contributed by atoms with Gasteiger partial charge in [-0.1, -0.05) is 34.9 Å². The number of hydrogen-bond donors (Lipinski definition) is 1. The van der Waals surface area contributed by atoms with E-state index in [4.69, 9.17) is 37.4 Å². The Labute approximate surface area is 160 Å². The molecule has 1 aromatic rings. The predicted molar refractivity (Wildman–Crippen MR) is 96.9 cm³/mol. The van der Waals surface area contributed by atoms with Crippen LogP contribution in [0.1, 0.15) is 13.3 Å². The number of halogens is 2. The molecule has 0 spiro atoms. The highest BCUT2D eigenvalue weighted by Gasteiger charge is 2.44. The Morgan fingerprint density at radius 1 is 1.27 bits per heavy atom. The third kappa shape index (κ3) is 3.66. The second kappa shape index (κ2) is 7.60. The van der Waals surface area contributed by atoms with E-state index in [1.807, 2.05) is 13.0 Å². The van der Waals surface area contributed by atoms with Gasteiger partial charge in [-0.15, -0.1) is 0 Å². The van der Waals surface area contributed by atoms with Gasteiger partial charge >= 0.3 is 12.1 Å². The van der Waals surface area contributed by atoms with E-state index >= 15 is 0 Å². The first-order chi connectivity index (χ1) is 12.4. The Balaban J connectivity index is 1.71. The van der Waals surface area contributed by atoms with E-state index in [0.29, 0.717) is 27.7 Å². The minimum Gasteiger partial charge on any atom is -0.466 e. The zero-order chi connectivity index (χ0) is 18.8. The standard InChI is InChI=1S/C18H17Cl2NO5/c1-9-3-5-11-12(16(22)24-2)8-25-17(15(9)11)26-18(23)21-10-4-6-13(19)14(20)7-10/h3-4,6-8,11,15,17H,5H2,1-2H3,(H,21,23). The summed E-state index contributed by atoms with van der Waals surface area (Å²) < 4.78 is 15.7. The number of hydrogen-bond acceptors (Lipinski definition) is 5. The number of benzene rings is 1. The van der Waals surface area contributed by atoms with E-state index < -0.39 is 18.4 Å². The normalized spacial score (nSPS) is 23.9. The van der Waals surface area contributed by atoms with E-state index in [2.05, 4.69) is 5.32 Å². The fourth-order valence-electron chi connectivity index (χ4n) is 3.20. The number of esters is 1. The lowest BCUT2D eigenvalue weighted by atomic mass is 9.84. The largest absolute Gasteiger partial charge is 0.466 e. The smallest absolute Gasteiger partial charge is 0.414 e. The summed E-state index contributed by atoms with van der Waals surface area (Å²) in [5, 5.41) is 3.28. The quantitative estimate of drug-likeness (QED) is 0.598. The Bertz CT molecular complexity index is 805. The number of nitrogens with one attached hydrogen (secondary N) is 1. The molecule has 0 radical (unpaired) electrons. The van der Waals surface area contributed by atoms with Crippen molar-refractivity contribution in [2.75, 3.05) is 12.4 Å². The highest BCUT2D eigenvalue weighted by molar-refractivity contribution is 6.42. The highest BCUT2D eigenvalue weighted by atomic mass is 35.5. The number of fused-ring (bicyclic) bond motifs is 1. The molecule has 1 N–H and O–H groups in total. The molecule has 8 heteroatoms. The number of methoxy groups -OCH3 is 1. The number of carbonyl (C=O) groups is 2. The number of anilines is 1. The predicted octanol–water partition coefficient (Wildman–Crippen LogP) is 4.54. The van der Waals surface area contributed by atoms with Gasteiger partial charge in [-0.2, -0.15) is 0 Å². The average molecular weight is 398 g/mol. The van der Waals surface area contributed by atoms with Gasteiger partial charge in [-0.05, 0) is 31.5 Å². The molecule has 3 rings (SSSR count).